The lowest BCUT2D eigenvalue weighted by atomic mass is 10.0. The molecule has 0 unspecified atom stereocenters. The molecule has 2 aromatic rings. The third-order valence-corrected chi connectivity index (χ3v) is 5.28. The molecule has 1 N–H and O–H groups in total. The number of aromatic nitrogens is 2. The number of nitrogens with one attached hydrogen (secondary N) is 1. The number of hydrogen-bond acceptors (Lipinski definition) is 3. The number of rotatable bonds is 3. The van der Waals surface area contributed by atoms with Crippen LogP contribution in [0, 0.1) is 11.8 Å². The average Bonchev–Trinajstić information content (AvgIpc) is 3.20. The Morgan fingerprint density at radius 2 is 1.74 bits per heavy atom. The lowest BCUT2D eigenvalue weighted by Crippen LogP contribution is -2.37. The molecule has 6 heteroatoms. The Morgan fingerprint density at radius 1 is 1.13 bits per heavy atom. The van der Waals surface area contributed by atoms with Crippen LogP contribution in [-0.2, 0) is 17.9 Å². The predicted octanol–water partition coefficient (Wildman–Crippen LogP) is 0.501. The van der Waals surface area contributed by atoms with E-state index in [0.717, 1.165) is 37.2 Å². The van der Waals surface area contributed by atoms with Gasteiger partial charge in [-0.05, 0) is 30.9 Å². The molecule has 0 aliphatic carbocycles. The maximum Gasteiger partial charge on any atom is 0.329 e. The number of nitrogens with zero attached hydrogens (tertiary/aromatic N) is 3. The lowest BCUT2D eigenvalue weighted by Gasteiger charge is -2.17. The summed E-state index contributed by atoms with van der Waals surface area (Å²) in [7, 11) is 0. The smallest absolute Gasteiger partial charge is 0.329 e. The number of carbonyl (C=O) groups is 1. The molecule has 1 aromatic carbocycles. The van der Waals surface area contributed by atoms with Crippen molar-refractivity contribution in [1.29, 1.82) is 0 Å². The van der Waals surface area contributed by atoms with E-state index in [1.165, 1.54) is 0 Å². The van der Waals surface area contributed by atoms with Gasteiger partial charge in [0.25, 0.3) is 0 Å². The van der Waals surface area contributed by atoms with E-state index in [9.17, 15) is 9.59 Å². The van der Waals surface area contributed by atoms with Crippen molar-refractivity contribution in [1.82, 2.24) is 19.4 Å². The van der Waals surface area contributed by atoms with Crippen molar-refractivity contribution < 1.29 is 4.79 Å². The zero-order chi connectivity index (χ0) is 16.0. The van der Waals surface area contributed by atoms with Crippen molar-refractivity contribution in [3.63, 3.8) is 0 Å². The number of aryl methyl sites for hydroxylation is 1. The predicted molar refractivity (Wildman–Crippen MR) is 88.3 cm³/mol. The van der Waals surface area contributed by atoms with E-state index >= 15 is 0 Å². The molecule has 0 radical (unpaired) electrons. The minimum atomic E-state index is -0.0943. The lowest BCUT2D eigenvalue weighted by molar-refractivity contribution is -0.131. The van der Waals surface area contributed by atoms with Crippen LogP contribution < -0.4 is 11.0 Å². The van der Waals surface area contributed by atoms with Gasteiger partial charge in [-0.25, -0.2) is 4.79 Å². The van der Waals surface area contributed by atoms with E-state index in [4.69, 9.17) is 0 Å². The Labute approximate surface area is 134 Å². The van der Waals surface area contributed by atoms with E-state index in [1.54, 1.807) is 9.13 Å². The SMILES string of the molecule is CCn1c(=O)n(CC(=O)N2C[C@H]3CNC[C@H]3C2)c2ccccc21. The monoisotopic (exact) mass is 314 g/mol. The van der Waals surface area contributed by atoms with Gasteiger partial charge in [0.05, 0.1) is 11.0 Å². The molecule has 2 aliphatic heterocycles. The first-order valence-electron chi connectivity index (χ1n) is 8.35. The fraction of sp³-hybridized carbons (Fsp3) is 0.529. The summed E-state index contributed by atoms with van der Waals surface area (Å²) in [6.45, 7) is 6.34. The largest absolute Gasteiger partial charge is 0.340 e. The average molecular weight is 314 g/mol. The van der Waals surface area contributed by atoms with E-state index in [-0.39, 0.29) is 18.1 Å². The molecule has 4 rings (SSSR count). The van der Waals surface area contributed by atoms with Crippen LogP contribution in [0.1, 0.15) is 6.92 Å². The standard InChI is InChI=1S/C17H22N4O2/c1-2-20-14-5-3-4-6-15(14)21(17(20)23)11-16(22)19-9-12-7-18-8-13(12)10-19/h3-6,12-13,18H,2,7-11H2,1H3/t12-,13+. The van der Waals surface area contributed by atoms with Crippen molar-refractivity contribution in [3.05, 3.63) is 34.7 Å². The molecule has 2 aliphatic rings. The van der Waals surface area contributed by atoms with Crippen molar-refractivity contribution >= 4 is 16.9 Å². The Bertz CT molecular complexity index is 795. The Hall–Kier alpha value is -2.08. The second kappa shape index (κ2) is 5.53. The maximum atomic E-state index is 12.7. The number of amides is 1. The summed E-state index contributed by atoms with van der Waals surface area (Å²) in [5.74, 6) is 1.21. The van der Waals surface area contributed by atoms with Gasteiger partial charge in [-0.15, -0.1) is 0 Å². The second-order valence-electron chi connectivity index (χ2n) is 6.58. The molecular formula is C17H22N4O2. The highest BCUT2D eigenvalue weighted by atomic mass is 16.2. The minimum absolute atomic E-state index is 0.0560. The van der Waals surface area contributed by atoms with Crippen LogP contribution in [-0.4, -0.2) is 46.1 Å². The Morgan fingerprint density at radius 3 is 2.35 bits per heavy atom. The van der Waals surface area contributed by atoms with E-state index in [0.29, 0.717) is 18.4 Å². The molecule has 0 spiro atoms. The molecule has 3 heterocycles. The van der Waals surface area contributed by atoms with Crippen LogP contribution in [0.15, 0.2) is 29.1 Å². The topological polar surface area (TPSA) is 59.3 Å². The normalized spacial score (nSPS) is 23.6. The summed E-state index contributed by atoms with van der Waals surface area (Å²) in [6.07, 6.45) is 0. The molecule has 1 amide bonds. The number of hydrogen-bond donors (Lipinski definition) is 1. The molecule has 2 atom stereocenters. The summed E-state index contributed by atoms with van der Waals surface area (Å²) < 4.78 is 3.35. The highest BCUT2D eigenvalue weighted by Crippen LogP contribution is 2.26. The summed E-state index contributed by atoms with van der Waals surface area (Å²) in [4.78, 5) is 27.2. The van der Waals surface area contributed by atoms with Gasteiger partial charge in [-0.2, -0.15) is 0 Å². The number of benzene rings is 1. The summed E-state index contributed by atoms with van der Waals surface area (Å²) in [5, 5.41) is 3.38. The van der Waals surface area contributed by atoms with Gasteiger partial charge in [0, 0.05) is 32.7 Å². The number of likely N-dealkylation sites (tertiary alicyclic amines) is 1. The van der Waals surface area contributed by atoms with Crippen LogP contribution in [0.3, 0.4) is 0 Å². The zero-order valence-electron chi connectivity index (χ0n) is 13.4. The fourth-order valence-electron chi connectivity index (χ4n) is 4.03. The number of carbonyl (C=O) groups excluding carboxylic acids is 1. The molecule has 122 valence electrons. The van der Waals surface area contributed by atoms with Gasteiger partial charge >= 0.3 is 5.69 Å². The van der Waals surface area contributed by atoms with Crippen LogP contribution in [0.25, 0.3) is 11.0 Å². The third kappa shape index (κ3) is 2.28. The first kappa shape index (κ1) is 14.5. The van der Waals surface area contributed by atoms with Crippen LogP contribution >= 0.6 is 0 Å². The third-order valence-electron chi connectivity index (χ3n) is 5.28. The highest BCUT2D eigenvalue weighted by molar-refractivity contribution is 5.81. The molecule has 23 heavy (non-hydrogen) atoms. The second-order valence-corrected chi connectivity index (χ2v) is 6.58. The first-order valence-corrected chi connectivity index (χ1v) is 8.35. The molecule has 2 saturated heterocycles. The molecule has 0 saturated carbocycles. The minimum Gasteiger partial charge on any atom is -0.340 e. The summed E-state index contributed by atoms with van der Waals surface area (Å²) in [6, 6.07) is 7.69. The van der Waals surface area contributed by atoms with Crippen LogP contribution in [0.2, 0.25) is 0 Å². The molecular weight excluding hydrogens is 292 g/mol. The van der Waals surface area contributed by atoms with Crippen LogP contribution in [0.4, 0.5) is 0 Å². The Balaban J connectivity index is 1.62. The van der Waals surface area contributed by atoms with Gasteiger partial charge in [0.2, 0.25) is 5.91 Å². The van der Waals surface area contributed by atoms with Gasteiger partial charge < -0.3 is 10.2 Å². The van der Waals surface area contributed by atoms with Gasteiger partial charge in [-0.1, -0.05) is 12.1 Å². The fourth-order valence-corrected chi connectivity index (χ4v) is 4.03. The van der Waals surface area contributed by atoms with E-state index in [2.05, 4.69) is 5.32 Å². The molecule has 0 bridgehead atoms. The molecule has 1 aromatic heterocycles. The quantitative estimate of drug-likeness (QED) is 0.897. The van der Waals surface area contributed by atoms with Gasteiger partial charge in [0.15, 0.2) is 0 Å². The summed E-state index contributed by atoms with van der Waals surface area (Å²) in [5.41, 5.74) is 1.65. The van der Waals surface area contributed by atoms with Gasteiger partial charge in [-0.3, -0.25) is 13.9 Å². The number of para-hydroxylation sites is 2. The maximum absolute atomic E-state index is 12.7. The van der Waals surface area contributed by atoms with Gasteiger partial charge in [0.1, 0.15) is 6.54 Å². The zero-order valence-corrected chi connectivity index (χ0v) is 13.4. The number of fused-ring (bicyclic) bond motifs is 2. The molecule has 2 fully saturated rings. The highest BCUT2D eigenvalue weighted by Gasteiger charge is 2.38. The number of imidazole rings is 1. The van der Waals surface area contributed by atoms with E-state index < -0.39 is 0 Å². The van der Waals surface area contributed by atoms with Crippen molar-refractivity contribution in [2.45, 2.75) is 20.0 Å². The Kier molecular flexibility index (Phi) is 3.49. The van der Waals surface area contributed by atoms with Crippen molar-refractivity contribution in [2.24, 2.45) is 11.8 Å². The first-order chi connectivity index (χ1) is 11.2. The van der Waals surface area contributed by atoms with Crippen molar-refractivity contribution in [2.75, 3.05) is 26.2 Å². The van der Waals surface area contributed by atoms with Crippen LogP contribution in [0.5, 0.6) is 0 Å². The molecule has 6 nitrogen and oxygen atoms in total. The van der Waals surface area contributed by atoms with Crippen molar-refractivity contribution in [3.8, 4) is 0 Å². The van der Waals surface area contributed by atoms with E-state index in [1.807, 2.05) is 36.1 Å². The summed E-state index contributed by atoms with van der Waals surface area (Å²) >= 11 is 0.